The highest BCUT2D eigenvalue weighted by Gasteiger charge is 2.21. The van der Waals surface area contributed by atoms with Crippen LogP contribution in [0, 0.1) is 37.8 Å². The lowest BCUT2D eigenvalue weighted by Crippen LogP contribution is -2.17. The maximum atomic E-state index is 12.6. The molecule has 7 nitrogen and oxygen atoms in total. The molecule has 0 N–H and O–H groups in total. The van der Waals surface area contributed by atoms with Crippen molar-refractivity contribution in [2.45, 2.75) is 27.7 Å². The van der Waals surface area contributed by atoms with Crippen molar-refractivity contribution in [3.63, 3.8) is 0 Å². The third kappa shape index (κ3) is 4.13. The van der Waals surface area contributed by atoms with Crippen molar-refractivity contribution < 1.29 is 24.0 Å². The summed E-state index contributed by atoms with van der Waals surface area (Å²) in [5, 5.41) is 10.9. The van der Waals surface area contributed by atoms with Gasteiger partial charge in [-0.1, -0.05) is 6.07 Å². The lowest BCUT2D eigenvalue weighted by molar-refractivity contribution is -0.384. The largest absolute Gasteiger partial charge is 0.496 e. The van der Waals surface area contributed by atoms with Gasteiger partial charge in [0.1, 0.15) is 11.3 Å². The molecule has 0 atom stereocenters. The summed E-state index contributed by atoms with van der Waals surface area (Å²) < 4.78 is 10.2. The van der Waals surface area contributed by atoms with E-state index in [1.165, 1.54) is 19.2 Å². The number of rotatable bonds is 6. The van der Waals surface area contributed by atoms with E-state index in [1.54, 1.807) is 0 Å². The van der Waals surface area contributed by atoms with Crippen LogP contribution in [-0.4, -0.2) is 30.4 Å². The van der Waals surface area contributed by atoms with Crippen LogP contribution >= 0.6 is 0 Å². The molecule has 0 radical (unpaired) electrons. The van der Waals surface area contributed by atoms with Gasteiger partial charge in [-0.05, 0) is 56.0 Å². The number of nitrogens with zero attached hydrogens (tertiary/aromatic N) is 1. The van der Waals surface area contributed by atoms with Gasteiger partial charge in [0.05, 0.1) is 12.0 Å². The first-order valence-corrected chi connectivity index (χ1v) is 8.27. The molecule has 0 aliphatic rings. The molecule has 0 saturated carbocycles. The number of aryl methyl sites for hydroxylation is 2. The second-order valence-electron chi connectivity index (χ2n) is 6.28. The van der Waals surface area contributed by atoms with E-state index < -0.39 is 17.5 Å². The first kappa shape index (κ1) is 20.1. The molecule has 0 aliphatic heterocycles. The van der Waals surface area contributed by atoms with Crippen LogP contribution in [0.1, 0.15) is 43.0 Å². The Morgan fingerprint density at radius 1 is 1.04 bits per heavy atom. The molecule has 142 valence electrons. The van der Waals surface area contributed by atoms with Crippen molar-refractivity contribution in [1.29, 1.82) is 0 Å². The summed E-state index contributed by atoms with van der Waals surface area (Å²) in [6.07, 6.45) is 0. The Hall–Kier alpha value is -3.22. The summed E-state index contributed by atoms with van der Waals surface area (Å²) in [5.41, 5.74) is 3.90. The van der Waals surface area contributed by atoms with E-state index in [1.807, 2.05) is 33.8 Å². The number of carbonyl (C=O) groups excluding carboxylic acids is 2. The Kier molecular flexibility index (Phi) is 5.95. The summed E-state index contributed by atoms with van der Waals surface area (Å²) in [6, 6.07) is 5.52. The van der Waals surface area contributed by atoms with E-state index in [4.69, 9.17) is 9.47 Å². The first-order valence-electron chi connectivity index (χ1n) is 8.27. The highest BCUT2D eigenvalue weighted by atomic mass is 16.6. The highest BCUT2D eigenvalue weighted by molar-refractivity contribution is 6.02. The minimum Gasteiger partial charge on any atom is -0.496 e. The number of hydrogen-bond donors (Lipinski definition) is 0. The molecule has 27 heavy (non-hydrogen) atoms. The van der Waals surface area contributed by atoms with E-state index in [0.29, 0.717) is 5.56 Å². The third-order valence-electron chi connectivity index (χ3n) is 4.58. The summed E-state index contributed by atoms with van der Waals surface area (Å²) in [7, 11) is 1.34. The van der Waals surface area contributed by atoms with E-state index >= 15 is 0 Å². The van der Waals surface area contributed by atoms with Crippen molar-refractivity contribution in [2.24, 2.45) is 0 Å². The zero-order valence-corrected chi connectivity index (χ0v) is 15.9. The topological polar surface area (TPSA) is 95.7 Å². The van der Waals surface area contributed by atoms with Crippen LogP contribution in [0.2, 0.25) is 0 Å². The number of nitro benzene ring substituents is 1. The van der Waals surface area contributed by atoms with Gasteiger partial charge >= 0.3 is 5.97 Å². The third-order valence-corrected chi connectivity index (χ3v) is 4.58. The fourth-order valence-electron chi connectivity index (χ4n) is 2.96. The Morgan fingerprint density at radius 3 is 2.30 bits per heavy atom. The molecule has 2 aromatic carbocycles. The van der Waals surface area contributed by atoms with E-state index in [2.05, 4.69) is 0 Å². The van der Waals surface area contributed by atoms with Gasteiger partial charge in [-0.2, -0.15) is 0 Å². The summed E-state index contributed by atoms with van der Waals surface area (Å²) in [6.45, 7) is 7.12. The second kappa shape index (κ2) is 7.99. The highest BCUT2D eigenvalue weighted by Crippen LogP contribution is 2.25. The molecule has 2 rings (SSSR count). The van der Waals surface area contributed by atoms with Gasteiger partial charge in [-0.25, -0.2) is 4.79 Å². The molecule has 0 heterocycles. The predicted molar refractivity (Wildman–Crippen MR) is 99.7 cm³/mol. The number of nitro groups is 1. The Labute approximate surface area is 157 Å². The zero-order valence-electron chi connectivity index (χ0n) is 15.9. The van der Waals surface area contributed by atoms with Crippen LogP contribution in [0.15, 0.2) is 24.3 Å². The summed E-state index contributed by atoms with van der Waals surface area (Å²) in [4.78, 5) is 35.2. The molecule has 0 amide bonds. The first-order chi connectivity index (χ1) is 12.7. The summed E-state index contributed by atoms with van der Waals surface area (Å²) in [5.74, 6) is -1.05. The fourth-order valence-corrected chi connectivity index (χ4v) is 2.96. The number of benzene rings is 2. The van der Waals surface area contributed by atoms with E-state index in [9.17, 15) is 19.7 Å². The van der Waals surface area contributed by atoms with Crippen molar-refractivity contribution in [2.75, 3.05) is 13.7 Å². The van der Waals surface area contributed by atoms with E-state index in [-0.39, 0.29) is 22.8 Å². The van der Waals surface area contributed by atoms with Gasteiger partial charge in [0.15, 0.2) is 6.61 Å². The van der Waals surface area contributed by atoms with Crippen molar-refractivity contribution >= 4 is 17.4 Å². The normalized spacial score (nSPS) is 10.4. The van der Waals surface area contributed by atoms with Crippen molar-refractivity contribution in [3.8, 4) is 5.75 Å². The standard InChI is InChI=1S/C20H21NO6/c1-11-8-12(2)19(14(4)13(11)3)17(22)10-27-20(23)16-9-15(21(24)25)6-7-18(16)26-5/h6-9H,10H2,1-5H3. The fraction of sp³-hybridized carbons (Fsp3) is 0.300. The number of Topliss-reactive ketones (excluding diaryl/α,β-unsaturated/α-hetero) is 1. The monoisotopic (exact) mass is 371 g/mol. The quantitative estimate of drug-likeness (QED) is 0.331. The molecule has 0 fully saturated rings. The molecule has 7 heteroatoms. The van der Waals surface area contributed by atoms with Crippen molar-refractivity contribution in [1.82, 2.24) is 0 Å². The predicted octanol–water partition coefficient (Wildman–Crippen LogP) is 3.88. The minimum atomic E-state index is -0.858. The van der Waals surface area contributed by atoms with Crippen molar-refractivity contribution in [3.05, 3.63) is 67.8 Å². The Morgan fingerprint density at radius 2 is 1.70 bits per heavy atom. The number of ketones is 1. The van der Waals surface area contributed by atoms with Gasteiger partial charge in [-0.15, -0.1) is 0 Å². The lowest BCUT2D eigenvalue weighted by atomic mass is 9.92. The number of methoxy groups -OCH3 is 1. The number of ether oxygens (including phenoxy) is 2. The Bertz CT molecular complexity index is 933. The van der Waals surface area contributed by atoms with Crippen LogP contribution in [0.4, 0.5) is 5.69 Å². The van der Waals surface area contributed by atoms with Gasteiger partial charge in [0, 0.05) is 17.7 Å². The van der Waals surface area contributed by atoms with E-state index in [0.717, 1.165) is 28.3 Å². The second-order valence-corrected chi connectivity index (χ2v) is 6.28. The maximum Gasteiger partial charge on any atom is 0.342 e. The maximum absolute atomic E-state index is 12.6. The molecule has 2 aromatic rings. The number of hydrogen-bond acceptors (Lipinski definition) is 6. The SMILES string of the molecule is COc1ccc([N+](=O)[O-])cc1C(=O)OCC(=O)c1c(C)cc(C)c(C)c1C. The number of non-ortho nitro benzene ring substituents is 1. The van der Waals surface area contributed by atoms with Crippen LogP contribution in [0.25, 0.3) is 0 Å². The van der Waals surface area contributed by atoms with Gasteiger partial charge in [0.25, 0.3) is 5.69 Å². The zero-order chi connectivity index (χ0) is 20.3. The minimum absolute atomic E-state index is 0.104. The van der Waals surface area contributed by atoms with Crippen LogP contribution < -0.4 is 4.74 Å². The lowest BCUT2D eigenvalue weighted by Gasteiger charge is -2.14. The molecule has 0 aromatic heterocycles. The smallest absolute Gasteiger partial charge is 0.342 e. The molecule has 0 unspecified atom stereocenters. The van der Waals surface area contributed by atoms with Gasteiger partial charge < -0.3 is 9.47 Å². The van der Waals surface area contributed by atoms with Gasteiger partial charge in [0.2, 0.25) is 5.78 Å². The number of carbonyl (C=O) groups is 2. The molecule has 0 spiro atoms. The molecule has 0 bridgehead atoms. The molecular weight excluding hydrogens is 350 g/mol. The van der Waals surface area contributed by atoms with Crippen LogP contribution in [0.3, 0.4) is 0 Å². The summed E-state index contributed by atoms with van der Waals surface area (Å²) >= 11 is 0. The molecular formula is C20H21NO6. The number of esters is 1. The average Bonchev–Trinajstić information content (AvgIpc) is 2.63. The van der Waals surface area contributed by atoms with Crippen LogP contribution in [0.5, 0.6) is 5.75 Å². The van der Waals surface area contributed by atoms with Gasteiger partial charge in [-0.3, -0.25) is 14.9 Å². The molecule has 0 saturated heterocycles. The average molecular weight is 371 g/mol. The Balaban J connectivity index is 2.24. The van der Waals surface area contributed by atoms with Crippen LogP contribution in [-0.2, 0) is 4.74 Å². The molecule has 0 aliphatic carbocycles.